The Bertz CT molecular complexity index is 525. The summed E-state index contributed by atoms with van der Waals surface area (Å²) in [4.78, 5) is 25.3. The third-order valence-corrected chi connectivity index (χ3v) is 3.81. The summed E-state index contributed by atoms with van der Waals surface area (Å²) in [6, 6.07) is 4.93. The van der Waals surface area contributed by atoms with Gasteiger partial charge in [0.2, 0.25) is 5.91 Å². The van der Waals surface area contributed by atoms with Gasteiger partial charge in [-0.1, -0.05) is 11.6 Å². The fourth-order valence-electron chi connectivity index (χ4n) is 2.38. The number of piperidine rings is 1. The molecule has 6 heteroatoms. The molecule has 0 atom stereocenters. The zero-order valence-electron chi connectivity index (χ0n) is 11.3. The van der Waals surface area contributed by atoms with Crippen LogP contribution in [0.4, 0.5) is 0 Å². The van der Waals surface area contributed by atoms with E-state index in [-0.39, 0.29) is 17.7 Å². The summed E-state index contributed by atoms with van der Waals surface area (Å²) < 4.78 is 5.19. The molecular formula is C14H17ClN2O3. The standard InChI is InChI=1S/C14H17ClN2O3/c1-20-12-8-10(15)2-3-11(12)14(19)17-6-4-9(5-7-17)13(16)18/h2-3,8-9H,4-7H2,1H3,(H2,16,18). The summed E-state index contributed by atoms with van der Waals surface area (Å²) in [7, 11) is 1.50. The number of hydrogen-bond donors (Lipinski definition) is 1. The molecule has 2 N–H and O–H groups in total. The van der Waals surface area contributed by atoms with Crippen LogP contribution in [0.1, 0.15) is 23.2 Å². The molecule has 0 aromatic heterocycles. The Morgan fingerprint density at radius 3 is 2.55 bits per heavy atom. The molecule has 2 amide bonds. The lowest BCUT2D eigenvalue weighted by Gasteiger charge is -2.31. The van der Waals surface area contributed by atoms with Crippen LogP contribution in [0.15, 0.2) is 18.2 Å². The number of nitrogens with zero attached hydrogens (tertiary/aromatic N) is 1. The lowest BCUT2D eigenvalue weighted by molar-refractivity contribution is -0.123. The van der Waals surface area contributed by atoms with Crippen molar-refractivity contribution < 1.29 is 14.3 Å². The summed E-state index contributed by atoms with van der Waals surface area (Å²) in [6.45, 7) is 1.05. The maximum absolute atomic E-state index is 12.5. The van der Waals surface area contributed by atoms with Crippen LogP contribution >= 0.6 is 11.6 Å². The molecule has 2 rings (SSSR count). The molecule has 1 aliphatic heterocycles. The van der Waals surface area contributed by atoms with Crippen molar-refractivity contribution in [1.82, 2.24) is 4.90 Å². The second-order valence-electron chi connectivity index (χ2n) is 4.81. The Kier molecular flexibility index (Phi) is 4.49. The highest BCUT2D eigenvalue weighted by atomic mass is 35.5. The molecule has 0 spiro atoms. The molecule has 0 aliphatic carbocycles. The molecule has 1 aromatic rings. The van der Waals surface area contributed by atoms with E-state index < -0.39 is 0 Å². The zero-order chi connectivity index (χ0) is 14.7. The fourth-order valence-corrected chi connectivity index (χ4v) is 2.54. The number of ether oxygens (including phenoxy) is 1. The predicted octanol–water partition coefficient (Wildman–Crippen LogP) is 1.69. The first-order chi connectivity index (χ1) is 9.52. The number of primary amides is 1. The monoisotopic (exact) mass is 296 g/mol. The van der Waals surface area contributed by atoms with Crippen LogP contribution in [0.3, 0.4) is 0 Å². The van der Waals surface area contributed by atoms with Crippen LogP contribution in [0.2, 0.25) is 5.02 Å². The van der Waals surface area contributed by atoms with Gasteiger partial charge < -0.3 is 15.4 Å². The minimum Gasteiger partial charge on any atom is -0.496 e. The lowest BCUT2D eigenvalue weighted by atomic mass is 9.96. The number of halogens is 1. The summed E-state index contributed by atoms with van der Waals surface area (Å²) >= 11 is 5.88. The number of rotatable bonds is 3. The van der Waals surface area contributed by atoms with Gasteiger partial charge in [0.05, 0.1) is 12.7 Å². The van der Waals surface area contributed by atoms with Gasteiger partial charge in [0.1, 0.15) is 5.75 Å². The molecule has 1 saturated heterocycles. The van der Waals surface area contributed by atoms with Crippen LogP contribution < -0.4 is 10.5 Å². The second-order valence-corrected chi connectivity index (χ2v) is 5.25. The van der Waals surface area contributed by atoms with Crippen LogP contribution in [0.5, 0.6) is 5.75 Å². The number of carbonyl (C=O) groups is 2. The Labute approximate surface area is 122 Å². The number of amides is 2. The number of hydrogen-bond acceptors (Lipinski definition) is 3. The maximum Gasteiger partial charge on any atom is 0.257 e. The molecule has 1 aliphatic rings. The van der Waals surface area contributed by atoms with Crippen LogP contribution in [-0.4, -0.2) is 36.9 Å². The number of likely N-dealkylation sites (tertiary alicyclic amines) is 1. The van der Waals surface area contributed by atoms with Gasteiger partial charge in [0.15, 0.2) is 0 Å². The maximum atomic E-state index is 12.5. The van der Waals surface area contributed by atoms with Gasteiger partial charge in [-0.2, -0.15) is 0 Å². The fraction of sp³-hybridized carbons (Fsp3) is 0.429. The van der Waals surface area contributed by atoms with Gasteiger partial charge >= 0.3 is 0 Å². The minimum atomic E-state index is -0.291. The van der Waals surface area contributed by atoms with E-state index in [9.17, 15) is 9.59 Å². The highest BCUT2D eigenvalue weighted by molar-refractivity contribution is 6.30. The van der Waals surface area contributed by atoms with Crippen molar-refractivity contribution in [2.24, 2.45) is 11.7 Å². The predicted molar refractivity (Wildman–Crippen MR) is 75.8 cm³/mol. The number of benzene rings is 1. The van der Waals surface area contributed by atoms with E-state index in [1.54, 1.807) is 23.1 Å². The van der Waals surface area contributed by atoms with Crippen LogP contribution in [0.25, 0.3) is 0 Å². The highest BCUT2D eigenvalue weighted by Gasteiger charge is 2.27. The van der Waals surface area contributed by atoms with Gasteiger partial charge in [-0.15, -0.1) is 0 Å². The molecule has 5 nitrogen and oxygen atoms in total. The van der Waals surface area contributed by atoms with E-state index >= 15 is 0 Å². The Hall–Kier alpha value is -1.75. The van der Waals surface area contributed by atoms with E-state index in [0.29, 0.717) is 42.3 Å². The third kappa shape index (κ3) is 3.04. The largest absolute Gasteiger partial charge is 0.496 e. The molecule has 0 saturated carbocycles. The summed E-state index contributed by atoms with van der Waals surface area (Å²) in [6.07, 6.45) is 1.22. The lowest BCUT2D eigenvalue weighted by Crippen LogP contribution is -2.41. The van der Waals surface area contributed by atoms with Gasteiger partial charge in [-0.3, -0.25) is 9.59 Å². The van der Waals surface area contributed by atoms with E-state index in [0.717, 1.165) is 0 Å². The van der Waals surface area contributed by atoms with Gasteiger partial charge in [-0.05, 0) is 31.0 Å². The second kappa shape index (κ2) is 6.13. The summed E-state index contributed by atoms with van der Waals surface area (Å²) in [5.41, 5.74) is 5.77. The normalized spacial score (nSPS) is 16.0. The van der Waals surface area contributed by atoms with E-state index in [4.69, 9.17) is 22.1 Å². The van der Waals surface area contributed by atoms with Crippen molar-refractivity contribution in [2.75, 3.05) is 20.2 Å². The molecule has 1 heterocycles. The van der Waals surface area contributed by atoms with Crippen molar-refractivity contribution >= 4 is 23.4 Å². The third-order valence-electron chi connectivity index (χ3n) is 3.58. The smallest absolute Gasteiger partial charge is 0.257 e. The zero-order valence-corrected chi connectivity index (χ0v) is 12.0. The molecule has 1 fully saturated rings. The molecular weight excluding hydrogens is 280 g/mol. The Morgan fingerprint density at radius 2 is 2.00 bits per heavy atom. The Morgan fingerprint density at radius 1 is 1.35 bits per heavy atom. The molecule has 20 heavy (non-hydrogen) atoms. The van der Waals surface area contributed by atoms with Crippen LogP contribution in [0, 0.1) is 5.92 Å². The minimum absolute atomic E-state index is 0.110. The van der Waals surface area contributed by atoms with Crippen molar-refractivity contribution in [2.45, 2.75) is 12.8 Å². The molecule has 0 unspecified atom stereocenters. The average molecular weight is 297 g/mol. The van der Waals surface area contributed by atoms with Crippen molar-refractivity contribution in [3.63, 3.8) is 0 Å². The number of methoxy groups -OCH3 is 1. The molecule has 0 radical (unpaired) electrons. The van der Waals surface area contributed by atoms with E-state index in [1.165, 1.54) is 7.11 Å². The van der Waals surface area contributed by atoms with Crippen LogP contribution in [-0.2, 0) is 4.79 Å². The highest BCUT2D eigenvalue weighted by Crippen LogP contribution is 2.26. The average Bonchev–Trinajstić information content (AvgIpc) is 2.46. The molecule has 1 aromatic carbocycles. The van der Waals surface area contributed by atoms with Crippen molar-refractivity contribution in [3.05, 3.63) is 28.8 Å². The van der Waals surface area contributed by atoms with Crippen molar-refractivity contribution in [1.29, 1.82) is 0 Å². The first kappa shape index (κ1) is 14.7. The van der Waals surface area contributed by atoms with Crippen molar-refractivity contribution in [3.8, 4) is 5.75 Å². The summed E-state index contributed by atoms with van der Waals surface area (Å²) in [5.74, 6) is -0.0757. The summed E-state index contributed by atoms with van der Waals surface area (Å²) in [5, 5.41) is 0.519. The topological polar surface area (TPSA) is 72.6 Å². The first-order valence-corrected chi connectivity index (χ1v) is 6.83. The van der Waals surface area contributed by atoms with E-state index in [2.05, 4.69) is 0 Å². The van der Waals surface area contributed by atoms with Gasteiger partial charge in [0, 0.05) is 24.0 Å². The first-order valence-electron chi connectivity index (χ1n) is 6.45. The molecule has 0 bridgehead atoms. The Balaban J connectivity index is 2.11. The van der Waals surface area contributed by atoms with E-state index in [1.807, 2.05) is 0 Å². The van der Waals surface area contributed by atoms with Gasteiger partial charge in [-0.25, -0.2) is 0 Å². The van der Waals surface area contributed by atoms with Gasteiger partial charge in [0.25, 0.3) is 5.91 Å². The number of nitrogens with two attached hydrogens (primary N) is 1. The quantitative estimate of drug-likeness (QED) is 0.922. The number of carbonyl (C=O) groups excluding carboxylic acids is 2. The SMILES string of the molecule is COc1cc(Cl)ccc1C(=O)N1CCC(C(N)=O)CC1. The molecule has 108 valence electrons.